The predicted octanol–water partition coefficient (Wildman–Crippen LogP) is 4.02. The smallest absolute Gasteiger partial charge is 0.255 e. The molecule has 0 saturated carbocycles. The summed E-state index contributed by atoms with van der Waals surface area (Å²) in [5.74, 6) is -2.90. The molecule has 0 aliphatic rings. The van der Waals surface area contributed by atoms with E-state index in [-0.39, 0.29) is 23.0 Å². The minimum absolute atomic E-state index is 0.112. The number of nitrogens with zero attached hydrogens (tertiary/aromatic N) is 1. The molecule has 2 unspecified atom stereocenters. The van der Waals surface area contributed by atoms with Crippen LogP contribution in [-0.2, 0) is 4.79 Å². The van der Waals surface area contributed by atoms with Crippen LogP contribution in [0.3, 0.4) is 0 Å². The highest BCUT2D eigenvalue weighted by molar-refractivity contribution is 5.98. The van der Waals surface area contributed by atoms with Crippen molar-refractivity contribution < 1.29 is 23.5 Å². The van der Waals surface area contributed by atoms with E-state index in [1.54, 1.807) is 42.5 Å². The van der Waals surface area contributed by atoms with Gasteiger partial charge in [0.1, 0.15) is 11.6 Å². The number of rotatable bonds is 7. The van der Waals surface area contributed by atoms with Crippen LogP contribution in [0.5, 0.6) is 0 Å². The van der Waals surface area contributed by atoms with Crippen molar-refractivity contribution in [1.29, 1.82) is 0 Å². The Morgan fingerprint density at radius 2 is 1.64 bits per heavy atom. The Balaban J connectivity index is 1.60. The van der Waals surface area contributed by atoms with Crippen molar-refractivity contribution in [3.05, 3.63) is 89.0 Å². The summed E-state index contributed by atoms with van der Waals surface area (Å²) in [4.78, 5) is 32.8. The summed E-state index contributed by atoms with van der Waals surface area (Å²) in [6.07, 6.45) is -1.88. The number of aliphatic hydroxyl groups is 1. The molecule has 10 heteroatoms. The van der Waals surface area contributed by atoms with E-state index in [4.69, 9.17) is 5.73 Å². The maximum atomic E-state index is 14.0. The van der Waals surface area contributed by atoms with Crippen molar-refractivity contribution in [3.8, 4) is 0 Å². The van der Waals surface area contributed by atoms with Gasteiger partial charge in [-0.2, -0.15) is 0 Å². The molecule has 6 N–H and O–H groups in total. The molecule has 4 rings (SSSR count). The molecule has 186 valence electrons. The molecule has 2 atom stereocenters. The lowest BCUT2D eigenvalue weighted by molar-refractivity contribution is -0.125. The zero-order valence-corrected chi connectivity index (χ0v) is 19.5. The van der Waals surface area contributed by atoms with E-state index < -0.39 is 35.6 Å². The Morgan fingerprint density at radius 1 is 0.972 bits per heavy atom. The average molecular weight is 494 g/mol. The molecule has 0 fully saturated rings. The fourth-order valence-electron chi connectivity index (χ4n) is 3.82. The first kappa shape index (κ1) is 24.8. The molecule has 0 bridgehead atoms. The number of nitrogens with two attached hydrogens (primary N) is 1. The first-order valence-electron chi connectivity index (χ1n) is 11.2. The van der Waals surface area contributed by atoms with Crippen molar-refractivity contribution in [2.24, 2.45) is 0 Å². The van der Waals surface area contributed by atoms with E-state index in [0.29, 0.717) is 22.8 Å². The van der Waals surface area contributed by atoms with Crippen LogP contribution < -0.4 is 16.4 Å². The quantitative estimate of drug-likeness (QED) is 0.265. The number of benzene rings is 3. The molecule has 1 aromatic heterocycles. The van der Waals surface area contributed by atoms with E-state index >= 15 is 0 Å². The van der Waals surface area contributed by atoms with Gasteiger partial charge in [-0.15, -0.1) is 0 Å². The van der Waals surface area contributed by atoms with Crippen LogP contribution in [-0.4, -0.2) is 33.0 Å². The SMILES string of the molecule is CC(C)c1ccc(C(=O)NC(c2cc(F)cc(F)c2)C(O)C(=O)Nc2ccc3nc(N)[nH]c3c2)cc1. The first-order chi connectivity index (χ1) is 17.1. The highest BCUT2D eigenvalue weighted by Crippen LogP contribution is 2.24. The Hall–Kier alpha value is -4.31. The van der Waals surface area contributed by atoms with Gasteiger partial charge in [0.05, 0.1) is 17.1 Å². The summed E-state index contributed by atoms with van der Waals surface area (Å²) in [6, 6.07) is 12.6. The number of hydrogen-bond acceptors (Lipinski definition) is 5. The lowest BCUT2D eigenvalue weighted by atomic mass is 9.98. The summed E-state index contributed by atoms with van der Waals surface area (Å²) < 4.78 is 28.0. The minimum atomic E-state index is -1.88. The monoisotopic (exact) mass is 493 g/mol. The van der Waals surface area contributed by atoms with Crippen LogP contribution in [0.2, 0.25) is 0 Å². The molecule has 1 heterocycles. The van der Waals surface area contributed by atoms with Gasteiger partial charge in [0, 0.05) is 17.3 Å². The third-order valence-corrected chi connectivity index (χ3v) is 5.72. The summed E-state index contributed by atoms with van der Waals surface area (Å²) in [6.45, 7) is 4.02. The molecule has 2 amide bonds. The van der Waals surface area contributed by atoms with Crippen LogP contribution in [0, 0.1) is 11.6 Å². The minimum Gasteiger partial charge on any atom is -0.381 e. The number of amides is 2. The third-order valence-electron chi connectivity index (χ3n) is 5.72. The van der Waals surface area contributed by atoms with Crippen LogP contribution >= 0.6 is 0 Å². The number of aromatic nitrogens is 2. The first-order valence-corrected chi connectivity index (χ1v) is 11.2. The number of carbonyl (C=O) groups is 2. The van der Waals surface area contributed by atoms with Gasteiger partial charge in [0.2, 0.25) is 0 Å². The molecule has 0 saturated heterocycles. The number of hydrogen-bond donors (Lipinski definition) is 5. The Bertz CT molecular complexity index is 1400. The van der Waals surface area contributed by atoms with Gasteiger partial charge < -0.3 is 26.5 Å². The summed E-state index contributed by atoms with van der Waals surface area (Å²) in [5.41, 5.74) is 8.26. The van der Waals surface area contributed by atoms with Crippen molar-refractivity contribution in [2.75, 3.05) is 11.1 Å². The number of halogens is 2. The van der Waals surface area contributed by atoms with E-state index in [1.165, 1.54) is 0 Å². The third kappa shape index (κ3) is 5.49. The molecule has 0 aliphatic carbocycles. The van der Waals surface area contributed by atoms with Gasteiger partial charge in [0.15, 0.2) is 12.1 Å². The second-order valence-electron chi connectivity index (χ2n) is 8.72. The molecule has 0 radical (unpaired) electrons. The van der Waals surface area contributed by atoms with Crippen LogP contribution in [0.1, 0.15) is 47.3 Å². The fraction of sp³-hybridized carbons (Fsp3) is 0.192. The zero-order chi connectivity index (χ0) is 26.0. The van der Waals surface area contributed by atoms with Crippen molar-refractivity contribution in [1.82, 2.24) is 15.3 Å². The number of imidazole rings is 1. The number of aromatic amines is 1. The van der Waals surface area contributed by atoms with Gasteiger partial charge in [-0.3, -0.25) is 9.59 Å². The topological polar surface area (TPSA) is 133 Å². The normalized spacial score (nSPS) is 12.9. The van der Waals surface area contributed by atoms with E-state index in [0.717, 1.165) is 17.7 Å². The summed E-state index contributed by atoms with van der Waals surface area (Å²) >= 11 is 0. The van der Waals surface area contributed by atoms with Gasteiger partial charge in [-0.25, -0.2) is 13.8 Å². The second kappa shape index (κ2) is 10.1. The van der Waals surface area contributed by atoms with Gasteiger partial charge in [0.25, 0.3) is 11.8 Å². The number of aliphatic hydroxyl groups excluding tert-OH is 1. The van der Waals surface area contributed by atoms with Crippen molar-refractivity contribution in [3.63, 3.8) is 0 Å². The van der Waals surface area contributed by atoms with Gasteiger partial charge in [-0.1, -0.05) is 26.0 Å². The summed E-state index contributed by atoms with van der Waals surface area (Å²) in [7, 11) is 0. The fourth-order valence-corrected chi connectivity index (χ4v) is 3.82. The average Bonchev–Trinajstić information content (AvgIpc) is 3.20. The number of nitrogen functional groups attached to an aromatic ring is 1. The number of H-pyrrole nitrogens is 1. The maximum absolute atomic E-state index is 14.0. The summed E-state index contributed by atoms with van der Waals surface area (Å²) in [5, 5.41) is 16.0. The van der Waals surface area contributed by atoms with Crippen molar-refractivity contribution in [2.45, 2.75) is 31.9 Å². The van der Waals surface area contributed by atoms with Gasteiger partial charge in [-0.05, 0) is 59.5 Å². The molecule has 36 heavy (non-hydrogen) atoms. The molecule has 3 aromatic carbocycles. The highest BCUT2D eigenvalue weighted by Gasteiger charge is 2.30. The molecule has 4 aromatic rings. The molecular weight excluding hydrogens is 468 g/mol. The van der Waals surface area contributed by atoms with E-state index in [9.17, 15) is 23.5 Å². The number of carbonyl (C=O) groups excluding carboxylic acids is 2. The lowest BCUT2D eigenvalue weighted by Gasteiger charge is -2.24. The maximum Gasteiger partial charge on any atom is 0.255 e. The molecule has 0 aliphatic heterocycles. The Labute approximate surface area is 205 Å². The highest BCUT2D eigenvalue weighted by atomic mass is 19.1. The van der Waals surface area contributed by atoms with Crippen LogP contribution in [0.25, 0.3) is 11.0 Å². The standard InChI is InChI=1S/C26H25F2N5O3/c1-13(2)14-3-5-15(6-4-14)24(35)33-22(16-9-17(27)11-18(28)10-16)23(34)25(36)30-19-7-8-20-21(12-19)32-26(29)31-20/h3-13,22-23,34H,1-2H3,(H,30,36)(H,33,35)(H3,29,31,32). The number of anilines is 2. The molecular formula is C26H25F2N5O3. The second-order valence-corrected chi connectivity index (χ2v) is 8.72. The Morgan fingerprint density at radius 3 is 2.28 bits per heavy atom. The van der Waals surface area contributed by atoms with Crippen LogP contribution in [0.15, 0.2) is 60.7 Å². The van der Waals surface area contributed by atoms with Gasteiger partial charge >= 0.3 is 0 Å². The number of fused-ring (bicyclic) bond motifs is 1. The number of nitrogens with one attached hydrogen (secondary N) is 3. The predicted molar refractivity (Wildman–Crippen MR) is 132 cm³/mol. The van der Waals surface area contributed by atoms with E-state index in [2.05, 4.69) is 20.6 Å². The molecule has 8 nitrogen and oxygen atoms in total. The van der Waals surface area contributed by atoms with E-state index in [1.807, 2.05) is 13.8 Å². The zero-order valence-electron chi connectivity index (χ0n) is 19.5. The molecule has 0 spiro atoms. The van der Waals surface area contributed by atoms with Crippen LogP contribution in [0.4, 0.5) is 20.4 Å². The van der Waals surface area contributed by atoms with Crippen molar-refractivity contribution >= 4 is 34.5 Å². The lowest BCUT2D eigenvalue weighted by Crippen LogP contribution is -2.42. The largest absolute Gasteiger partial charge is 0.381 e. The Kier molecular flexibility index (Phi) is 6.98.